The Balaban J connectivity index is 2.03. The molecule has 0 aromatic carbocycles. The van der Waals surface area contributed by atoms with Crippen molar-refractivity contribution in [1.82, 2.24) is 0 Å². The van der Waals surface area contributed by atoms with Crippen LogP contribution in [0.1, 0.15) is 57.8 Å². The molecule has 1 aliphatic heterocycles. The molecule has 0 aromatic rings. The van der Waals surface area contributed by atoms with Crippen LogP contribution in [0.15, 0.2) is 35.6 Å². The maximum Gasteiger partial charge on any atom is 0.172 e. The largest absolute Gasteiger partial charge is 0.489 e. The summed E-state index contributed by atoms with van der Waals surface area (Å²) in [5, 5.41) is 18.3. The SMILES string of the molecule is N#CCCC1(CCC#N)C(=O)C2=C(C=CCC2)OC1C1CC=CCC1. The molecule has 2 unspecified atom stereocenters. The van der Waals surface area contributed by atoms with E-state index >= 15 is 0 Å². The second-order valence-electron chi connectivity index (χ2n) is 7.17. The lowest BCUT2D eigenvalue weighted by atomic mass is 9.62. The van der Waals surface area contributed by atoms with Crippen molar-refractivity contribution in [2.45, 2.75) is 63.9 Å². The molecule has 4 nitrogen and oxygen atoms in total. The Kier molecular flexibility index (Phi) is 5.39. The van der Waals surface area contributed by atoms with Crippen LogP contribution in [0, 0.1) is 34.0 Å². The summed E-state index contributed by atoms with van der Waals surface area (Å²) in [6.07, 6.45) is 14.1. The fraction of sp³-hybridized carbons (Fsp3) is 0.571. The predicted molar refractivity (Wildman–Crippen MR) is 93.9 cm³/mol. The molecular weight excluding hydrogens is 312 g/mol. The zero-order valence-electron chi connectivity index (χ0n) is 14.5. The van der Waals surface area contributed by atoms with Crippen LogP contribution in [-0.4, -0.2) is 11.9 Å². The van der Waals surface area contributed by atoms with E-state index in [0.29, 0.717) is 32.1 Å². The maximum absolute atomic E-state index is 13.5. The van der Waals surface area contributed by atoms with Gasteiger partial charge in [-0.15, -0.1) is 0 Å². The Morgan fingerprint density at radius 1 is 1.12 bits per heavy atom. The van der Waals surface area contributed by atoms with Crippen molar-refractivity contribution in [1.29, 1.82) is 10.5 Å². The Morgan fingerprint density at radius 3 is 2.52 bits per heavy atom. The fourth-order valence-electron chi connectivity index (χ4n) is 4.49. The number of nitriles is 2. The lowest BCUT2D eigenvalue weighted by Crippen LogP contribution is -2.51. The fourth-order valence-corrected chi connectivity index (χ4v) is 4.49. The topological polar surface area (TPSA) is 73.9 Å². The van der Waals surface area contributed by atoms with Crippen LogP contribution < -0.4 is 0 Å². The van der Waals surface area contributed by atoms with Gasteiger partial charge in [-0.1, -0.05) is 18.2 Å². The number of rotatable bonds is 5. The zero-order chi connectivity index (χ0) is 17.7. The quantitative estimate of drug-likeness (QED) is 0.692. The van der Waals surface area contributed by atoms with Gasteiger partial charge >= 0.3 is 0 Å². The first kappa shape index (κ1) is 17.5. The molecule has 25 heavy (non-hydrogen) atoms. The molecule has 0 saturated carbocycles. The highest BCUT2D eigenvalue weighted by atomic mass is 16.5. The molecule has 0 aromatic heterocycles. The lowest BCUT2D eigenvalue weighted by molar-refractivity contribution is -0.143. The van der Waals surface area contributed by atoms with Gasteiger partial charge < -0.3 is 4.74 Å². The van der Waals surface area contributed by atoms with Crippen LogP contribution in [-0.2, 0) is 9.53 Å². The van der Waals surface area contributed by atoms with Crippen molar-refractivity contribution in [2.24, 2.45) is 11.3 Å². The Bertz CT molecular complexity index is 684. The van der Waals surface area contributed by atoms with Crippen molar-refractivity contribution in [3.8, 4) is 12.1 Å². The molecule has 3 aliphatic rings. The van der Waals surface area contributed by atoms with Crippen LogP contribution >= 0.6 is 0 Å². The third-order valence-corrected chi connectivity index (χ3v) is 5.76. The Labute approximate surface area is 149 Å². The number of ketones is 1. The molecule has 0 radical (unpaired) electrons. The summed E-state index contributed by atoms with van der Waals surface area (Å²) >= 11 is 0. The first-order valence-electron chi connectivity index (χ1n) is 9.23. The predicted octanol–water partition coefficient (Wildman–Crippen LogP) is 4.51. The summed E-state index contributed by atoms with van der Waals surface area (Å²) in [5.41, 5.74) is 0.0340. The molecule has 0 spiro atoms. The molecule has 0 fully saturated rings. The third-order valence-electron chi connectivity index (χ3n) is 5.76. The standard InChI is InChI=1S/C21H24N2O2/c22-14-6-12-21(13-7-15-23)19(24)17-10-4-5-11-18(17)25-20(21)16-8-2-1-3-9-16/h1-2,5,11,16,20H,3-4,6-10,12-13H2. The van der Waals surface area contributed by atoms with Crippen molar-refractivity contribution >= 4 is 5.78 Å². The smallest absolute Gasteiger partial charge is 0.172 e. The van der Waals surface area contributed by atoms with Crippen LogP contribution in [0.3, 0.4) is 0 Å². The first-order valence-corrected chi connectivity index (χ1v) is 9.23. The lowest BCUT2D eigenvalue weighted by Gasteiger charge is -2.47. The molecule has 130 valence electrons. The highest BCUT2D eigenvalue weighted by Crippen LogP contribution is 2.49. The van der Waals surface area contributed by atoms with Gasteiger partial charge in [0.1, 0.15) is 11.9 Å². The van der Waals surface area contributed by atoms with Crippen LogP contribution in [0.4, 0.5) is 0 Å². The molecular formula is C21H24N2O2. The van der Waals surface area contributed by atoms with E-state index in [9.17, 15) is 4.79 Å². The second-order valence-corrected chi connectivity index (χ2v) is 7.17. The third kappa shape index (κ3) is 3.27. The molecule has 3 rings (SSSR count). The van der Waals surface area contributed by atoms with Crippen LogP contribution in [0.2, 0.25) is 0 Å². The summed E-state index contributed by atoms with van der Waals surface area (Å²) in [5.74, 6) is 1.11. The molecule has 0 saturated heterocycles. The van der Waals surface area contributed by atoms with Crippen molar-refractivity contribution in [3.05, 3.63) is 35.6 Å². The van der Waals surface area contributed by atoms with Gasteiger partial charge in [0.25, 0.3) is 0 Å². The van der Waals surface area contributed by atoms with Crippen LogP contribution in [0.25, 0.3) is 0 Å². The summed E-state index contributed by atoms with van der Waals surface area (Å²) in [7, 11) is 0. The van der Waals surface area contributed by atoms with Gasteiger partial charge in [-0.3, -0.25) is 4.79 Å². The van der Waals surface area contributed by atoms with E-state index in [2.05, 4.69) is 30.4 Å². The number of carbonyl (C=O) groups excluding carboxylic acids is 1. The molecule has 0 amide bonds. The molecule has 0 bridgehead atoms. The monoisotopic (exact) mass is 336 g/mol. The van der Waals surface area contributed by atoms with E-state index in [1.54, 1.807) is 0 Å². The molecule has 1 heterocycles. The minimum Gasteiger partial charge on any atom is -0.489 e. The normalized spacial score (nSPS) is 27.2. The average Bonchev–Trinajstić information content (AvgIpc) is 2.67. The van der Waals surface area contributed by atoms with Gasteiger partial charge in [-0.25, -0.2) is 0 Å². The number of Topliss-reactive ketones (excluding diaryl/α,β-unsaturated/α-hetero) is 1. The highest BCUT2D eigenvalue weighted by molar-refractivity contribution is 6.02. The van der Waals surface area contributed by atoms with E-state index in [0.717, 1.165) is 37.0 Å². The van der Waals surface area contributed by atoms with Crippen molar-refractivity contribution in [3.63, 3.8) is 0 Å². The van der Waals surface area contributed by atoms with E-state index < -0.39 is 5.41 Å². The molecule has 2 atom stereocenters. The van der Waals surface area contributed by atoms with Crippen molar-refractivity contribution in [2.75, 3.05) is 0 Å². The maximum atomic E-state index is 13.5. The number of carbonyl (C=O) groups is 1. The first-order chi connectivity index (χ1) is 12.2. The summed E-state index contributed by atoms with van der Waals surface area (Å²) < 4.78 is 6.43. The average molecular weight is 336 g/mol. The summed E-state index contributed by atoms with van der Waals surface area (Å²) in [6.45, 7) is 0. The number of nitrogens with zero attached hydrogens (tertiary/aromatic N) is 2. The van der Waals surface area contributed by atoms with Gasteiger partial charge in [0.15, 0.2) is 5.78 Å². The van der Waals surface area contributed by atoms with Gasteiger partial charge in [0, 0.05) is 24.3 Å². The minimum atomic E-state index is -0.731. The van der Waals surface area contributed by atoms with Crippen molar-refractivity contribution < 1.29 is 9.53 Å². The Hall–Kier alpha value is -2.33. The summed E-state index contributed by atoms with van der Waals surface area (Å²) in [6, 6.07) is 4.40. The van der Waals surface area contributed by atoms with E-state index in [1.807, 2.05) is 6.08 Å². The number of allylic oxidation sites excluding steroid dienone is 5. The Morgan fingerprint density at radius 2 is 1.88 bits per heavy atom. The van der Waals surface area contributed by atoms with E-state index in [4.69, 9.17) is 15.3 Å². The van der Waals surface area contributed by atoms with Gasteiger partial charge in [0.05, 0.1) is 17.6 Å². The minimum absolute atomic E-state index is 0.128. The molecule has 4 heteroatoms. The van der Waals surface area contributed by atoms with E-state index in [-0.39, 0.29) is 17.8 Å². The second kappa shape index (κ2) is 7.70. The molecule has 0 N–H and O–H groups in total. The number of ether oxygens (including phenoxy) is 1. The van der Waals surface area contributed by atoms with E-state index in [1.165, 1.54) is 0 Å². The van der Waals surface area contributed by atoms with Gasteiger partial charge in [-0.05, 0) is 51.0 Å². The number of hydrogen-bond acceptors (Lipinski definition) is 4. The molecule has 2 aliphatic carbocycles. The summed E-state index contributed by atoms with van der Waals surface area (Å²) in [4.78, 5) is 13.5. The van der Waals surface area contributed by atoms with Crippen LogP contribution in [0.5, 0.6) is 0 Å². The highest BCUT2D eigenvalue weighted by Gasteiger charge is 2.53. The number of hydrogen-bond donors (Lipinski definition) is 0. The zero-order valence-corrected chi connectivity index (χ0v) is 14.5. The van der Waals surface area contributed by atoms with Gasteiger partial charge in [0.2, 0.25) is 0 Å². The van der Waals surface area contributed by atoms with Gasteiger partial charge in [-0.2, -0.15) is 10.5 Å².